The van der Waals surface area contributed by atoms with Crippen LogP contribution in [0.25, 0.3) is 22.1 Å². The Balaban J connectivity index is 1.57. The quantitative estimate of drug-likeness (QED) is 0.591. The number of aromatic nitrogens is 4. The smallest absolute Gasteiger partial charge is 0.251 e. The lowest BCUT2D eigenvalue weighted by molar-refractivity contribution is -0.116. The maximum Gasteiger partial charge on any atom is 0.251 e. The Morgan fingerprint density at radius 2 is 1.96 bits per heavy atom. The van der Waals surface area contributed by atoms with Crippen molar-refractivity contribution in [3.63, 3.8) is 0 Å². The summed E-state index contributed by atoms with van der Waals surface area (Å²) in [7, 11) is 3.53. The summed E-state index contributed by atoms with van der Waals surface area (Å²) in [5.74, 6) is 0.814. The maximum atomic E-state index is 12.2. The van der Waals surface area contributed by atoms with Gasteiger partial charge in [-0.15, -0.1) is 10.2 Å². The van der Waals surface area contributed by atoms with Crippen LogP contribution in [-0.2, 0) is 18.3 Å². The number of amides is 1. The molecule has 0 atom stereocenters. The fourth-order valence-electron chi connectivity index (χ4n) is 3.11. The Hall–Kier alpha value is -3.48. The minimum atomic E-state index is -0.138. The van der Waals surface area contributed by atoms with E-state index < -0.39 is 0 Å². The van der Waals surface area contributed by atoms with Crippen LogP contribution in [0.2, 0.25) is 0 Å². The van der Waals surface area contributed by atoms with Gasteiger partial charge in [0.2, 0.25) is 5.91 Å². The van der Waals surface area contributed by atoms with Crippen LogP contribution in [0.5, 0.6) is 5.75 Å². The topological polar surface area (TPSA) is 81.9 Å². The monoisotopic (exact) mass is 361 g/mol. The van der Waals surface area contributed by atoms with E-state index in [0.717, 1.165) is 22.2 Å². The highest BCUT2D eigenvalue weighted by Crippen LogP contribution is 2.28. The fourth-order valence-corrected chi connectivity index (χ4v) is 3.11. The molecule has 0 aliphatic heterocycles. The predicted octanol–water partition coefficient (Wildman–Crippen LogP) is 3.10. The Morgan fingerprint density at radius 1 is 1.15 bits per heavy atom. The lowest BCUT2D eigenvalue weighted by Gasteiger charge is -2.04. The Labute approximate surface area is 156 Å². The number of carbonyl (C=O) groups is 1. The summed E-state index contributed by atoms with van der Waals surface area (Å²) < 4.78 is 7.21. The summed E-state index contributed by atoms with van der Waals surface area (Å²) in [6, 6.07) is 15.6. The number of hydrogen-bond acceptors (Lipinski definition) is 5. The molecule has 0 fully saturated rings. The van der Waals surface area contributed by atoms with E-state index in [4.69, 9.17) is 4.74 Å². The molecule has 2 aromatic carbocycles. The van der Waals surface area contributed by atoms with Crippen molar-refractivity contribution in [2.75, 3.05) is 12.4 Å². The number of anilines is 1. The summed E-state index contributed by atoms with van der Waals surface area (Å²) in [6.45, 7) is 0. The third-order valence-electron chi connectivity index (χ3n) is 4.54. The van der Waals surface area contributed by atoms with Gasteiger partial charge in [0.1, 0.15) is 11.3 Å². The first kappa shape index (κ1) is 17.0. The number of rotatable bonds is 5. The second-order valence-corrected chi connectivity index (χ2v) is 6.28. The van der Waals surface area contributed by atoms with Crippen LogP contribution in [-0.4, -0.2) is 32.8 Å². The second kappa shape index (κ2) is 7.03. The average Bonchev–Trinajstić information content (AvgIpc) is 2.98. The number of carbonyl (C=O) groups excluding carboxylic acids is 1. The van der Waals surface area contributed by atoms with Crippen LogP contribution < -0.4 is 10.1 Å². The molecule has 2 aromatic heterocycles. The van der Waals surface area contributed by atoms with E-state index in [9.17, 15) is 4.79 Å². The molecule has 0 saturated heterocycles. The molecular formula is C20H19N5O2. The van der Waals surface area contributed by atoms with Crippen LogP contribution >= 0.6 is 0 Å². The van der Waals surface area contributed by atoms with Gasteiger partial charge in [-0.05, 0) is 30.2 Å². The van der Waals surface area contributed by atoms with Crippen LogP contribution in [0.3, 0.4) is 0 Å². The van der Waals surface area contributed by atoms with Gasteiger partial charge in [0.25, 0.3) is 5.95 Å². The van der Waals surface area contributed by atoms with Crippen LogP contribution in [0.15, 0.2) is 48.5 Å². The van der Waals surface area contributed by atoms with Gasteiger partial charge in [-0.2, -0.15) is 4.98 Å². The van der Waals surface area contributed by atoms with Gasteiger partial charge in [-0.1, -0.05) is 30.3 Å². The molecule has 0 bridgehead atoms. The minimum absolute atomic E-state index is 0.138. The molecule has 1 N–H and O–H groups in total. The van der Waals surface area contributed by atoms with Crippen molar-refractivity contribution in [1.29, 1.82) is 0 Å². The number of fused-ring (bicyclic) bond motifs is 3. The third kappa shape index (κ3) is 3.31. The first-order valence-electron chi connectivity index (χ1n) is 8.66. The summed E-state index contributed by atoms with van der Waals surface area (Å²) in [6.07, 6.45) is 1.02. The number of ether oxygens (including phenoxy) is 1. The number of methoxy groups -OCH3 is 1. The Morgan fingerprint density at radius 3 is 2.74 bits per heavy atom. The first-order valence-corrected chi connectivity index (χ1v) is 8.66. The highest BCUT2D eigenvalue weighted by atomic mass is 16.5. The zero-order valence-electron chi connectivity index (χ0n) is 15.1. The molecule has 0 spiro atoms. The molecule has 7 heteroatoms. The Kier molecular flexibility index (Phi) is 4.42. The van der Waals surface area contributed by atoms with E-state index in [0.29, 0.717) is 24.0 Å². The molecule has 2 heterocycles. The molecule has 0 aliphatic carbocycles. The molecule has 27 heavy (non-hydrogen) atoms. The molecule has 1 amide bonds. The van der Waals surface area contributed by atoms with Gasteiger partial charge in [0.05, 0.1) is 12.6 Å². The molecule has 0 unspecified atom stereocenters. The molecule has 0 saturated carbocycles. The maximum absolute atomic E-state index is 12.2. The lowest BCUT2D eigenvalue weighted by atomic mass is 10.1. The average molecular weight is 361 g/mol. The van der Waals surface area contributed by atoms with E-state index in [-0.39, 0.29) is 11.9 Å². The first-order chi connectivity index (χ1) is 13.2. The number of hydrogen-bond donors (Lipinski definition) is 1. The van der Waals surface area contributed by atoms with Crippen molar-refractivity contribution in [1.82, 2.24) is 19.7 Å². The summed E-state index contributed by atoms with van der Waals surface area (Å²) in [4.78, 5) is 16.7. The predicted molar refractivity (Wildman–Crippen MR) is 104 cm³/mol. The number of benzene rings is 2. The van der Waals surface area contributed by atoms with Gasteiger partial charge in [-0.25, -0.2) is 0 Å². The van der Waals surface area contributed by atoms with Crippen molar-refractivity contribution in [2.45, 2.75) is 12.8 Å². The minimum Gasteiger partial charge on any atom is -0.497 e. The van der Waals surface area contributed by atoms with E-state index in [1.165, 1.54) is 0 Å². The van der Waals surface area contributed by atoms with Crippen LogP contribution in [0, 0.1) is 0 Å². The third-order valence-corrected chi connectivity index (χ3v) is 4.54. The zero-order chi connectivity index (χ0) is 18.8. The second-order valence-electron chi connectivity index (χ2n) is 6.28. The lowest BCUT2D eigenvalue weighted by Crippen LogP contribution is -2.15. The largest absolute Gasteiger partial charge is 0.497 e. The van der Waals surface area contributed by atoms with Gasteiger partial charge in [0.15, 0.2) is 5.65 Å². The van der Waals surface area contributed by atoms with Crippen molar-refractivity contribution in [2.24, 2.45) is 7.05 Å². The molecule has 0 aliphatic rings. The van der Waals surface area contributed by atoms with Crippen molar-refractivity contribution < 1.29 is 9.53 Å². The molecular weight excluding hydrogens is 342 g/mol. The van der Waals surface area contributed by atoms with Crippen molar-refractivity contribution in [3.05, 3.63) is 54.1 Å². The van der Waals surface area contributed by atoms with Crippen molar-refractivity contribution in [3.8, 4) is 5.75 Å². The molecule has 4 aromatic rings. The molecule has 136 valence electrons. The highest BCUT2D eigenvalue weighted by Gasteiger charge is 2.14. The molecule has 0 radical (unpaired) electrons. The van der Waals surface area contributed by atoms with Crippen molar-refractivity contribution >= 4 is 33.9 Å². The zero-order valence-corrected chi connectivity index (χ0v) is 15.1. The Bertz CT molecular complexity index is 1120. The standard InChI is InChI=1S/C20H19N5O2/c1-25-16-10-9-14(27-2)12-15(16)18-19(25)22-20(24-23-18)21-17(26)11-8-13-6-4-3-5-7-13/h3-7,9-10,12H,8,11H2,1-2H3,(H,21,22,24,26). The van der Waals surface area contributed by atoms with Gasteiger partial charge < -0.3 is 9.30 Å². The van der Waals surface area contributed by atoms with Crippen LogP contribution in [0.1, 0.15) is 12.0 Å². The number of nitrogens with zero attached hydrogens (tertiary/aromatic N) is 4. The molecule has 4 rings (SSSR count). The summed E-state index contributed by atoms with van der Waals surface area (Å²) in [5, 5.41) is 12.0. The van der Waals surface area contributed by atoms with E-state index in [1.54, 1.807) is 7.11 Å². The number of nitrogens with one attached hydrogen (secondary N) is 1. The SMILES string of the molecule is COc1ccc2c(c1)c1nnc(NC(=O)CCc3ccccc3)nc1n2C. The van der Waals surface area contributed by atoms with Gasteiger partial charge >= 0.3 is 0 Å². The fraction of sp³-hybridized carbons (Fsp3) is 0.200. The summed E-state index contributed by atoms with van der Waals surface area (Å²) >= 11 is 0. The highest BCUT2D eigenvalue weighted by molar-refractivity contribution is 6.05. The number of aryl methyl sites for hydroxylation is 2. The van der Waals surface area contributed by atoms with E-state index in [1.807, 2.05) is 60.1 Å². The molecule has 7 nitrogen and oxygen atoms in total. The van der Waals surface area contributed by atoms with Crippen LogP contribution in [0.4, 0.5) is 5.95 Å². The summed E-state index contributed by atoms with van der Waals surface area (Å²) in [5.41, 5.74) is 3.42. The van der Waals surface area contributed by atoms with Gasteiger partial charge in [-0.3, -0.25) is 10.1 Å². The van der Waals surface area contributed by atoms with E-state index in [2.05, 4.69) is 20.5 Å². The normalized spacial score (nSPS) is 11.0. The van der Waals surface area contributed by atoms with Gasteiger partial charge in [0, 0.05) is 18.9 Å². The van der Waals surface area contributed by atoms with E-state index >= 15 is 0 Å².